The fraction of sp³-hybridized carbons (Fsp3) is 0.250. The molecule has 1 atom stereocenters. The lowest BCUT2D eigenvalue weighted by atomic mass is 9.81. The maximum Gasteiger partial charge on any atom is 0.240 e. The van der Waals surface area contributed by atoms with E-state index in [1.807, 2.05) is 49.4 Å². The summed E-state index contributed by atoms with van der Waals surface area (Å²) in [6.07, 6.45) is 0.238. The first-order valence-electron chi connectivity index (χ1n) is 6.65. The average Bonchev–Trinajstić information content (AvgIpc) is 2.98. The van der Waals surface area contributed by atoms with Gasteiger partial charge in [0.1, 0.15) is 0 Å². The molecule has 0 spiro atoms. The predicted octanol–water partition coefficient (Wildman–Crippen LogP) is 3.73. The predicted molar refractivity (Wildman–Crippen MR) is 86.0 cm³/mol. The number of nitrogens with zero attached hydrogens (tertiary/aromatic N) is 1. The number of benzene rings is 1. The van der Waals surface area contributed by atoms with Crippen molar-refractivity contribution in [3.8, 4) is 0 Å². The first-order chi connectivity index (χ1) is 10.0. The Hall–Kier alpha value is -1.46. The SMILES string of the molecule is CC1(c2ccccc2)CC(=O)N(Cc2ccc(Br)s2)C1=O. The Labute approximate surface area is 135 Å². The van der Waals surface area contributed by atoms with E-state index in [0.29, 0.717) is 6.54 Å². The van der Waals surface area contributed by atoms with Gasteiger partial charge in [-0.05, 0) is 40.5 Å². The Balaban J connectivity index is 1.88. The van der Waals surface area contributed by atoms with E-state index < -0.39 is 5.41 Å². The number of carbonyl (C=O) groups is 2. The number of thiophene rings is 1. The molecule has 5 heteroatoms. The standard InChI is InChI=1S/C16H14BrNO2S/c1-16(11-5-3-2-4-6-11)9-14(19)18(15(16)20)10-12-7-8-13(17)21-12/h2-8H,9-10H2,1H3. The molecule has 1 aliphatic rings. The van der Waals surface area contributed by atoms with Gasteiger partial charge in [0.15, 0.2) is 0 Å². The van der Waals surface area contributed by atoms with E-state index in [4.69, 9.17) is 0 Å². The van der Waals surface area contributed by atoms with Crippen LogP contribution in [0.4, 0.5) is 0 Å². The molecule has 21 heavy (non-hydrogen) atoms. The van der Waals surface area contributed by atoms with Crippen molar-refractivity contribution < 1.29 is 9.59 Å². The van der Waals surface area contributed by atoms with Crippen LogP contribution in [0.1, 0.15) is 23.8 Å². The number of imide groups is 1. The maximum absolute atomic E-state index is 12.7. The normalized spacial score (nSPS) is 22.1. The van der Waals surface area contributed by atoms with Crippen LogP contribution in [-0.2, 0) is 21.5 Å². The molecule has 0 saturated carbocycles. The van der Waals surface area contributed by atoms with Crippen molar-refractivity contribution in [1.29, 1.82) is 0 Å². The monoisotopic (exact) mass is 363 g/mol. The second-order valence-corrected chi connectivity index (χ2v) is 7.91. The summed E-state index contributed by atoms with van der Waals surface area (Å²) in [6.45, 7) is 2.21. The highest BCUT2D eigenvalue weighted by molar-refractivity contribution is 9.11. The zero-order chi connectivity index (χ0) is 15.0. The van der Waals surface area contributed by atoms with Crippen LogP contribution in [0.25, 0.3) is 0 Å². The van der Waals surface area contributed by atoms with E-state index in [1.54, 1.807) is 11.3 Å². The van der Waals surface area contributed by atoms with Gasteiger partial charge in [-0.25, -0.2) is 0 Å². The third kappa shape index (κ3) is 2.56. The summed E-state index contributed by atoms with van der Waals surface area (Å²) in [4.78, 5) is 27.4. The number of carbonyl (C=O) groups excluding carboxylic acids is 2. The maximum atomic E-state index is 12.7. The van der Waals surface area contributed by atoms with Crippen molar-refractivity contribution in [1.82, 2.24) is 4.90 Å². The highest BCUT2D eigenvalue weighted by atomic mass is 79.9. The Bertz CT molecular complexity index is 697. The summed E-state index contributed by atoms with van der Waals surface area (Å²) < 4.78 is 1.00. The molecular weight excluding hydrogens is 350 g/mol. The molecule has 3 rings (SSSR count). The zero-order valence-corrected chi connectivity index (χ0v) is 13.9. The highest BCUT2D eigenvalue weighted by Gasteiger charge is 2.49. The van der Waals surface area contributed by atoms with Gasteiger partial charge in [0, 0.05) is 11.3 Å². The summed E-state index contributed by atoms with van der Waals surface area (Å²) in [6, 6.07) is 13.4. The molecular formula is C16H14BrNO2S. The van der Waals surface area contributed by atoms with E-state index in [9.17, 15) is 9.59 Å². The Morgan fingerprint density at radius 1 is 1.19 bits per heavy atom. The number of likely N-dealkylation sites (tertiary alicyclic amines) is 1. The third-order valence-corrected chi connectivity index (χ3v) is 5.49. The van der Waals surface area contributed by atoms with E-state index in [1.165, 1.54) is 4.90 Å². The molecule has 2 aromatic rings. The van der Waals surface area contributed by atoms with Crippen molar-refractivity contribution in [2.45, 2.75) is 25.3 Å². The fourth-order valence-electron chi connectivity index (χ4n) is 2.67. The van der Waals surface area contributed by atoms with Gasteiger partial charge in [-0.1, -0.05) is 30.3 Å². The first kappa shape index (κ1) is 14.5. The van der Waals surface area contributed by atoms with Crippen molar-refractivity contribution >= 4 is 39.1 Å². The molecule has 2 amide bonds. The van der Waals surface area contributed by atoms with Gasteiger partial charge in [0.05, 0.1) is 15.7 Å². The zero-order valence-electron chi connectivity index (χ0n) is 11.5. The summed E-state index contributed by atoms with van der Waals surface area (Å²) in [7, 11) is 0. The van der Waals surface area contributed by atoms with E-state index >= 15 is 0 Å². The molecule has 0 aliphatic carbocycles. The quantitative estimate of drug-likeness (QED) is 0.779. The molecule has 1 aliphatic heterocycles. The molecule has 1 unspecified atom stereocenters. The highest BCUT2D eigenvalue weighted by Crippen LogP contribution is 2.37. The van der Waals surface area contributed by atoms with Gasteiger partial charge in [0.25, 0.3) is 0 Å². The van der Waals surface area contributed by atoms with Crippen molar-refractivity contribution in [3.63, 3.8) is 0 Å². The van der Waals surface area contributed by atoms with Crippen LogP contribution < -0.4 is 0 Å². The molecule has 0 N–H and O–H groups in total. The van der Waals surface area contributed by atoms with Crippen LogP contribution in [0.5, 0.6) is 0 Å². The largest absolute Gasteiger partial charge is 0.276 e. The molecule has 3 nitrogen and oxygen atoms in total. The van der Waals surface area contributed by atoms with Crippen LogP contribution in [0, 0.1) is 0 Å². The summed E-state index contributed by atoms with van der Waals surface area (Å²) in [5.74, 6) is -0.209. The molecule has 2 heterocycles. The van der Waals surface area contributed by atoms with Crippen molar-refractivity contribution in [3.05, 3.63) is 56.7 Å². The van der Waals surface area contributed by atoms with E-state index in [0.717, 1.165) is 14.2 Å². The smallest absolute Gasteiger partial charge is 0.240 e. The molecule has 1 aromatic heterocycles. The Morgan fingerprint density at radius 3 is 2.52 bits per heavy atom. The minimum absolute atomic E-state index is 0.101. The third-order valence-electron chi connectivity index (χ3n) is 3.88. The van der Waals surface area contributed by atoms with Crippen LogP contribution in [0.15, 0.2) is 46.3 Å². The van der Waals surface area contributed by atoms with Gasteiger partial charge in [-0.2, -0.15) is 0 Å². The first-order valence-corrected chi connectivity index (χ1v) is 8.26. The summed E-state index contributed by atoms with van der Waals surface area (Å²) in [5.41, 5.74) is 0.158. The Kier molecular flexibility index (Phi) is 3.71. The second kappa shape index (κ2) is 5.39. The van der Waals surface area contributed by atoms with Crippen molar-refractivity contribution in [2.24, 2.45) is 0 Å². The van der Waals surface area contributed by atoms with E-state index in [-0.39, 0.29) is 18.2 Å². The number of rotatable bonds is 3. The summed E-state index contributed by atoms with van der Waals surface area (Å²) in [5, 5.41) is 0. The lowest BCUT2D eigenvalue weighted by Gasteiger charge is -2.22. The van der Waals surface area contributed by atoms with Gasteiger partial charge < -0.3 is 0 Å². The van der Waals surface area contributed by atoms with Crippen molar-refractivity contribution in [2.75, 3.05) is 0 Å². The number of hydrogen-bond acceptors (Lipinski definition) is 3. The Morgan fingerprint density at radius 2 is 1.90 bits per heavy atom. The van der Waals surface area contributed by atoms with Gasteiger partial charge in [-0.3, -0.25) is 14.5 Å². The van der Waals surface area contributed by atoms with Crippen LogP contribution in [-0.4, -0.2) is 16.7 Å². The van der Waals surface area contributed by atoms with Gasteiger partial charge in [-0.15, -0.1) is 11.3 Å². The number of halogens is 1. The fourth-order valence-corrected chi connectivity index (χ4v) is 4.14. The van der Waals surface area contributed by atoms with Crippen LogP contribution in [0.2, 0.25) is 0 Å². The van der Waals surface area contributed by atoms with Crippen LogP contribution in [0.3, 0.4) is 0 Å². The number of amides is 2. The van der Waals surface area contributed by atoms with E-state index in [2.05, 4.69) is 15.9 Å². The molecule has 1 aromatic carbocycles. The second-order valence-electron chi connectivity index (χ2n) is 5.37. The minimum atomic E-state index is -0.743. The summed E-state index contributed by atoms with van der Waals surface area (Å²) >= 11 is 4.95. The average molecular weight is 364 g/mol. The minimum Gasteiger partial charge on any atom is -0.276 e. The molecule has 0 radical (unpaired) electrons. The molecule has 1 saturated heterocycles. The topological polar surface area (TPSA) is 37.4 Å². The van der Waals surface area contributed by atoms with Crippen LogP contribution >= 0.6 is 27.3 Å². The molecule has 108 valence electrons. The lowest BCUT2D eigenvalue weighted by Crippen LogP contribution is -2.36. The molecule has 1 fully saturated rings. The number of hydrogen-bond donors (Lipinski definition) is 0. The van der Waals surface area contributed by atoms with Gasteiger partial charge in [0.2, 0.25) is 11.8 Å². The van der Waals surface area contributed by atoms with Gasteiger partial charge >= 0.3 is 0 Å². The lowest BCUT2D eigenvalue weighted by molar-refractivity contribution is -0.140. The molecule has 0 bridgehead atoms.